The molecule has 1 rings (SSSR count). The summed E-state index contributed by atoms with van der Waals surface area (Å²) >= 11 is 12.4. The number of nitrogens with zero attached hydrogens (tertiary/aromatic N) is 1. The number of methoxy groups -OCH3 is 1. The first-order valence-corrected chi connectivity index (χ1v) is 6.56. The van der Waals surface area contributed by atoms with Gasteiger partial charge < -0.3 is 10.1 Å². The van der Waals surface area contributed by atoms with Crippen LogP contribution in [0.4, 0.5) is 0 Å². The molecular formula is C10H14ClN3OS2. The summed E-state index contributed by atoms with van der Waals surface area (Å²) in [5, 5.41) is 7.60. The van der Waals surface area contributed by atoms with Crippen LogP contribution in [-0.2, 0) is 4.74 Å². The number of thiophene rings is 1. The van der Waals surface area contributed by atoms with Gasteiger partial charge in [0.05, 0.1) is 21.5 Å². The van der Waals surface area contributed by atoms with Gasteiger partial charge in [0, 0.05) is 13.7 Å². The number of ether oxygens (including phenoxy) is 1. The Morgan fingerprint density at radius 3 is 2.94 bits per heavy atom. The van der Waals surface area contributed by atoms with Gasteiger partial charge in [0.25, 0.3) is 0 Å². The van der Waals surface area contributed by atoms with Crippen LogP contribution in [0.25, 0.3) is 0 Å². The molecule has 0 bridgehead atoms. The molecule has 0 aliphatic heterocycles. The van der Waals surface area contributed by atoms with Gasteiger partial charge in [-0.2, -0.15) is 5.10 Å². The van der Waals surface area contributed by atoms with Crippen molar-refractivity contribution < 1.29 is 4.74 Å². The number of hydrogen-bond acceptors (Lipinski definition) is 4. The lowest BCUT2D eigenvalue weighted by Crippen LogP contribution is -2.34. The van der Waals surface area contributed by atoms with Gasteiger partial charge in [-0.05, 0) is 31.3 Å². The van der Waals surface area contributed by atoms with E-state index in [1.54, 1.807) is 7.11 Å². The van der Waals surface area contributed by atoms with Crippen molar-refractivity contribution in [2.24, 2.45) is 5.10 Å². The van der Waals surface area contributed by atoms with E-state index in [-0.39, 0.29) is 0 Å². The van der Waals surface area contributed by atoms with E-state index in [2.05, 4.69) is 15.8 Å². The minimum atomic E-state index is 0.476. The lowest BCUT2D eigenvalue weighted by molar-refractivity contribution is 0.204. The smallest absolute Gasteiger partial charge is 0.187 e. The third-order valence-corrected chi connectivity index (χ3v) is 3.42. The van der Waals surface area contributed by atoms with E-state index in [0.717, 1.165) is 14.9 Å². The van der Waals surface area contributed by atoms with E-state index in [1.807, 2.05) is 19.1 Å². The van der Waals surface area contributed by atoms with Crippen LogP contribution in [0.2, 0.25) is 4.34 Å². The maximum Gasteiger partial charge on any atom is 0.187 e. The fourth-order valence-electron chi connectivity index (χ4n) is 1.00. The molecule has 4 nitrogen and oxygen atoms in total. The summed E-state index contributed by atoms with van der Waals surface area (Å²) in [7, 11) is 1.64. The Morgan fingerprint density at radius 1 is 1.59 bits per heavy atom. The molecule has 2 N–H and O–H groups in total. The zero-order chi connectivity index (χ0) is 12.7. The molecule has 0 aromatic carbocycles. The standard InChI is InChI=1S/C10H14ClN3OS2/c1-7(8-3-4-9(11)17-8)13-14-10(16)12-5-6-15-2/h3-4H,5-6H2,1-2H3,(H2,12,14,16). The number of rotatable bonds is 5. The summed E-state index contributed by atoms with van der Waals surface area (Å²) in [5.74, 6) is 0. The number of hydrogen-bond donors (Lipinski definition) is 2. The number of nitrogens with one attached hydrogen (secondary N) is 2. The fraction of sp³-hybridized carbons (Fsp3) is 0.400. The third kappa shape index (κ3) is 5.45. The van der Waals surface area contributed by atoms with Crippen molar-refractivity contribution in [1.29, 1.82) is 0 Å². The van der Waals surface area contributed by atoms with Gasteiger partial charge in [-0.25, -0.2) is 0 Å². The van der Waals surface area contributed by atoms with E-state index in [0.29, 0.717) is 18.3 Å². The second kappa shape index (κ2) is 7.60. The van der Waals surface area contributed by atoms with Crippen LogP contribution in [0.5, 0.6) is 0 Å². The van der Waals surface area contributed by atoms with E-state index >= 15 is 0 Å². The van der Waals surface area contributed by atoms with Crippen molar-refractivity contribution in [1.82, 2.24) is 10.7 Å². The lowest BCUT2D eigenvalue weighted by Gasteiger charge is -2.06. The molecule has 94 valence electrons. The summed E-state index contributed by atoms with van der Waals surface area (Å²) in [6.45, 7) is 3.15. The summed E-state index contributed by atoms with van der Waals surface area (Å²) in [6, 6.07) is 3.77. The molecule has 0 fully saturated rings. The van der Waals surface area contributed by atoms with Crippen molar-refractivity contribution in [3.8, 4) is 0 Å². The Bertz CT molecular complexity index is 406. The highest BCUT2D eigenvalue weighted by atomic mass is 35.5. The second-order valence-electron chi connectivity index (χ2n) is 3.16. The van der Waals surface area contributed by atoms with Crippen molar-refractivity contribution in [2.45, 2.75) is 6.92 Å². The zero-order valence-electron chi connectivity index (χ0n) is 9.62. The monoisotopic (exact) mass is 291 g/mol. The van der Waals surface area contributed by atoms with E-state index in [9.17, 15) is 0 Å². The topological polar surface area (TPSA) is 45.6 Å². The average molecular weight is 292 g/mol. The van der Waals surface area contributed by atoms with Gasteiger partial charge in [-0.3, -0.25) is 5.43 Å². The first-order chi connectivity index (χ1) is 8.13. The first-order valence-electron chi connectivity index (χ1n) is 4.96. The molecule has 0 unspecified atom stereocenters. The Labute approximate surface area is 115 Å². The van der Waals surface area contributed by atoms with E-state index < -0.39 is 0 Å². The molecule has 0 aliphatic rings. The van der Waals surface area contributed by atoms with Crippen molar-refractivity contribution >= 4 is 46.0 Å². The molecule has 0 atom stereocenters. The largest absolute Gasteiger partial charge is 0.383 e. The van der Waals surface area contributed by atoms with E-state index in [4.69, 9.17) is 28.6 Å². The molecule has 0 radical (unpaired) electrons. The first kappa shape index (κ1) is 14.4. The zero-order valence-corrected chi connectivity index (χ0v) is 12.0. The SMILES string of the molecule is COCCNC(=S)NN=C(C)c1ccc(Cl)s1. The van der Waals surface area contributed by atoms with Crippen LogP contribution in [0.15, 0.2) is 17.2 Å². The van der Waals surface area contributed by atoms with Crippen LogP contribution >= 0.6 is 35.2 Å². The second-order valence-corrected chi connectivity index (χ2v) is 5.28. The summed E-state index contributed by atoms with van der Waals surface area (Å²) in [5.41, 5.74) is 3.61. The summed E-state index contributed by atoms with van der Waals surface area (Å²) in [6.07, 6.45) is 0. The number of hydrazone groups is 1. The third-order valence-electron chi connectivity index (χ3n) is 1.85. The average Bonchev–Trinajstić information content (AvgIpc) is 2.73. The number of thiocarbonyl (C=S) groups is 1. The van der Waals surface area contributed by atoms with Crippen LogP contribution in [0.3, 0.4) is 0 Å². The van der Waals surface area contributed by atoms with Gasteiger partial charge in [0.2, 0.25) is 0 Å². The van der Waals surface area contributed by atoms with Gasteiger partial charge in [0.15, 0.2) is 5.11 Å². The molecular weight excluding hydrogens is 278 g/mol. The molecule has 1 aromatic heterocycles. The van der Waals surface area contributed by atoms with Gasteiger partial charge in [-0.15, -0.1) is 11.3 Å². The predicted octanol–water partition coefficient (Wildman–Crippen LogP) is 2.24. The Kier molecular flexibility index (Phi) is 6.43. The Balaban J connectivity index is 2.40. The summed E-state index contributed by atoms with van der Waals surface area (Å²) in [4.78, 5) is 1.02. The van der Waals surface area contributed by atoms with Gasteiger partial charge in [0.1, 0.15) is 0 Å². The molecule has 0 saturated carbocycles. The molecule has 1 aromatic rings. The highest BCUT2D eigenvalue weighted by molar-refractivity contribution is 7.80. The molecule has 0 aliphatic carbocycles. The van der Waals surface area contributed by atoms with Crippen molar-refractivity contribution in [2.75, 3.05) is 20.3 Å². The lowest BCUT2D eigenvalue weighted by atomic mass is 10.3. The predicted molar refractivity (Wildman–Crippen MR) is 77.2 cm³/mol. The normalized spacial score (nSPS) is 11.4. The summed E-state index contributed by atoms with van der Waals surface area (Å²) < 4.78 is 5.64. The molecule has 0 amide bonds. The molecule has 1 heterocycles. The fourth-order valence-corrected chi connectivity index (χ4v) is 2.14. The maximum absolute atomic E-state index is 5.84. The number of halogens is 1. The Morgan fingerprint density at radius 2 is 2.35 bits per heavy atom. The molecule has 17 heavy (non-hydrogen) atoms. The minimum absolute atomic E-state index is 0.476. The van der Waals surface area contributed by atoms with Crippen LogP contribution in [-0.4, -0.2) is 31.1 Å². The highest BCUT2D eigenvalue weighted by Crippen LogP contribution is 2.21. The van der Waals surface area contributed by atoms with Gasteiger partial charge in [-0.1, -0.05) is 11.6 Å². The highest BCUT2D eigenvalue weighted by Gasteiger charge is 2.01. The Hall–Kier alpha value is -0.690. The van der Waals surface area contributed by atoms with Gasteiger partial charge >= 0.3 is 0 Å². The van der Waals surface area contributed by atoms with E-state index in [1.165, 1.54) is 11.3 Å². The quantitative estimate of drug-likeness (QED) is 0.378. The van der Waals surface area contributed by atoms with Crippen LogP contribution in [0.1, 0.15) is 11.8 Å². The minimum Gasteiger partial charge on any atom is -0.383 e. The van der Waals surface area contributed by atoms with Crippen molar-refractivity contribution in [3.05, 3.63) is 21.3 Å². The maximum atomic E-state index is 5.84. The van der Waals surface area contributed by atoms with Crippen LogP contribution in [0, 0.1) is 0 Å². The molecule has 0 saturated heterocycles. The van der Waals surface area contributed by atoms with Crippen molar-refractivity contribution in [3.63, 3.8) is 0 Å². The molecule has 0 spiro atoms. The molecule has 7 heteroatoms. The van der Waals surface area contributed by atoms with Crippen LogP contribution < -0.4 is 10.7 Å².